The monoisotopic (exact) mass is 293 g/mol. The lowest BCUT2D eigenvalue weighted by Crippen LogP contribution is -2.36. The third-order valence-electron chi connectivity index (χ3n) is 4.03. The lowest BCUT2D eigenvalue weighted by Gasteiger charge is -2.20. The van der Waals surface area contributed by atoms with Crippen LogP contribution in [0.4, 0.5) is 0 Å². The highest BCUT2D eigenvalue weighted by Crippen LogP contribution is 2.30. The van der Waals surface area contributed by atoms with Crippen LogP contribution >= 0.6 is 11.8 Å². The number of benzene rings is 1. The molecule has 1 fully saturated rings. The zero-order chi connectivity index (χ0) is 14.4. The van der Waals surface area contributed by atoms with E-state index in [1.807, 2.05) is 12.1 Å². The molecule has 3 atom stereocenters. The van der Waals surface area contributed by atoms with E-state index in [0.717, 1.165) is 17.4 Å². The second-order valence-electron chi connectivity index (χ2n) is 5.67. The van der Waals surface area contributed by atoms with E-state index in [-0.39, 0.29) is 0 Å². The first-order valence-corrected chi connectivity index (χ1v) is 8.77. The molecular formula is C17H27NOS. The van der Waals surface area contributed by atoms with Gasteiger partial charge in [0.1, 0.15) is 5.75 Å². The summed E-state index contributed by atoms with van der Waals surface area (Å²) in [6.07, 6.45) is 5.06. The van der Waals surface area contributed by atoms with Gasteiger partial charge in [0.2, 0.25) is 0 Å². The van der Waals surface area contributed by atoms with E-state index in [1.165, 1.54) is 30.6 Å². The second kappa shape index (κ2) is 7.94. The molecule has 0 heterocycles. The lowest BCUT2D eigenvalue weighted by atomic mass is 10.0. The molecule has 0 amide bonds. The van der Waals surface area contributed by atoms with Gasteiger partial charge >= 0.3 is 0 Å². The Balaban J connectivity index is 1.82. The Morgan fingerprint density at radius 2 is 2.15 bits per heavy atom. The van der Waals surface area contributed by atoms with Crippen LogP contribution in [0.5, 0.6) is 5.75 Å². The van der Waals surface area contributed by atoms with E-state index in [0.29, 0.717) is 12.1 Å². The van der Waals surface area contributed by atoms with Crippen LogP contribution in [0.15, 0.2) is 24.3 Å². The van der Waals surface area contributed by atoms with Crippen LogP contribution in [0.25, 0.3) is 0 Å². The van der Waals surface area contributed by atoms with Crippen LogP contribution < -0.4 is 10.1 Å². The highest BCUT2D eigenvalue weighted by molar-refractivity contribution is 7.99. The van der Waals surface area contributed by atoms with E-state index in [1.54, 1.807) is 7.11 Å². The molecule has 3 heteroatoms. The van der Waals surface area contributed by atoms with Crippen molar-refractivity contribution >= 4 is 11.8 Å². The van der Waals surface area contributed by atoms with Gasteiger partial charge in [-0.1, -0.05) is 25.1 Å². The van der Waals surface area contributed by atoms with E-state index in [2.05, 4.69) is 43.1 Å². The lowest BCUT2D eigenvalue weighted by molar-refractivity contribution is 0.400. The first-order chi connectivity index (χ1) is 9.72. The van der Waals surface area contributed by atoms with Crippen LogP contribution in [-0.2, 0) is 6.42 Å². The molecule has 1 aliphatic carbocycles. The quantitative estimate of drug-likeness (QED) is 0.824. The fourth-order valence-electron chi connectivity index (χ4n) is 3.14. The Hall–Kier alpha value is -0.670. The minimum atomic E-state index is 0.502. The third-order valence-corrected chi connectivity index (χ3v) is 5.26. The molecule has 3 unspecified atom stereocenters. The Morgan fingerprint density at radius 1 is 1.35 bits per heavy atom. The number of thioether (sulfide) groups is 1. The van der Waals surface area contributed by atoms with E-state index in [4.69, 9.17) is 4.74 Å². The van der Waals surface area contributed by atoms with Gasteiger partial charge in [0.05, 0.1) is 7.11 Å². The maximum absolute atomic E-state index is 5.43. The average molecular weight is 293 g/mol. The summed E-state index contributed by atoms with van der Waals surface area (Å²) in [6.45, 7) is 4.54. The summed E-state index contributed by atoms with van der Waals surface area (Å²) in [5.74, 6) is 2.25. The van der Waals surface area contributed by atoms with E-state index >= 15 is 0 Å². The second-order valence-corrected chi connectivity index (χ2v) is 7.25. The number of ether oxygens (including phenoxy) is 1. The minimum absolute atomic E-state index is 0.502. The van der Waals surface area contributed by atoms with Gasteiger partial charge in [-0.25, -0.2) is 0 Å². The molecule has 0 spiro atoms. The standard InChI is InChI=1S/C17H27NOS/c1-4-20-16-10-9-15(12-16)18-13(2)11-14-7-5-6-8-17(14)19-3/h5-8,13,15-16,18H,4,9-12H2,1-3H3. The molecule has 20 heavy (non-hydrogen) atoms. The molecule has 0 saturated heterocycles. The Morgan fingerprint density at radius 3 is 2.90 bits per heavy atom. The summed E-state index contributed by atoms with van der Waals surface area (Å²) in [4.78, 5) is 0. The largest absolute Gasteiger partial charge is 0.496 e. The van der Waals surface area contributed by atoms with Crippen LogP contribution in [0.1, 0.15) is 38.7 Å². The maximum Gasteiger partial charge on any atom is 0.122 e. The van der Waals surface area contributed by atoms with Crippen LogP contribution in [-0.4, -0.2) is 30.2 Å². The molecule has 1 aromatic carbocycles. The number of hydrogen-bond donors (Lipinski definition) is 1. The molecule has 2 rings (SSSR count). The molecule has 1 N–H and O–H groups in total. The fraction of sp³-hybridized carbons (Fsp3) is 0.647. The van der Waals surface area contributed by atoms with Crippen molar-refractivity contribution in [2.75, 3.05) is 12.9 Å². The van der Waals surface area contributed by atoms with Gasteiger partial charge in [-0.05, 0) is 50.0 Å². The molecule has 1 aliphatic rings. The number of para-hydroxylation sites is 1. The van der Waals surface area contributed by atoms with Gasteiger partial charge in [0.15, 0.2) is 0 Å². The van der Waals surface area contributed by atoms with Crippen LogP contribution in [0, 0.1) is 0 Å². The molecule has 2 nitrogen and oxygen atoms in total. The van der Waals surface area contributed by atoms with Gasteiger partial charge in [-0.2, -0.15) is 11.8 Å². The zero-order valence-corrected chi connectivity index (χ0v) is 13.7. The van der Waals surface area contributed by atoms with E-state index < -0.39 is 0 Å². The minimum Gasteiger partial charge on any atom is -0.496 e. The maximum atomic E-state index is 5.43. The number of methoxy groups -OCH3 is 1. The number of hydrogen-bond acceptors (Lipinski definition) is 3. The zero-order valence-electron chi connectivity index (χ0n) is 12.9. The Kier molecular flexibility index (Phi) is 6.24. The Labute approximate surface area is 127 Å². The molecule has 0 bridgehead atoms. The van der Waals surface area contributed by atoms with Crippen molar-refractivity contribution in [3.63, 3.8) is 0 Å². The normalized spacial score (nSPS) is 23.8. The topological polar surface area (TPSA) is 21.3 Å². The summed E-state index contributed by atoms with van der Waals surface area (Å²) in [5.41, 5.74) is 1.30. The molecular weight excluding hydrogens is 266 g/mol. The van der Waals surface area contributed by atoms with Gasteiger partial charge in [0, 0.05) is 17.3 Å². The first kappa shape index (κ1) is 15.7. The van der Waals surface area contributed by atoms with Gasteiger partial charge in [-0.15, -0.1) is 0 Å². The smallest absolute Gasteiger partial charge is 0.122 e. The van der Waals surface area contributed by atoms with E-state index in [9.17, 15) is 0 Å². The van der Waals surface area contributed by atoms with Crippen LogP contribution in [0.3, 0.4) is 0 Å². The summed E-state index contributed by atoms with van der Waals surface area (Å²) in [5, 5.41) is 4.67. The van der Waals surface area contributed by atoms with Gasteiger partial charge < -0.3 is 10.1 Å². The van der Waals surface area contributed by atoms with Crippen molar-refractivity contribution < 1.29 is 4.74 Å². The molecule has 0 radical (unpaired) electrons. The highest BCUT2D eigenvalue weighted by Gasteiger charge is 2.25. The van der Waals surface area contributed by atoms with Crippen LogP contribution in [0.2, 0.25) is 0 Å². The van der Waals surface area contributed by atoms with Crippen molar-refractivity contribution in [2.45, 2.75) is 56.9 Å². The fourth-order valence-corrected chi connectivity index (χ4v) is 4.28. The van der Waals surface area contributed by atoms with Crippen molar-refractivity contribution in [3.8, 4) is 5.75 Å². The third kappa shape index (κ3) is 4.42. The van der Waals surface area contributed by atoms with Gasteiger partial charge in [-0.3, -0.25) is 0 Å². The molecule has 112 valence electrons. The summed E-state index contributed by atoms with van der Waals surface area (Å²) in [7, 11) is 1.75. The SMILES string of the molecule is CCSC1CCC(NC(C)Cc2ccccc2OC)C1. The van der Waals surface area contributed by atoms with Crippen molar-refractivity contribution in [1.29, 1.82) is 0 Å². The van der Waals surface area contributed by atoms with Crippen molar-refractivity contribution in [3.05, 3.63) is 29.8 Å². The predicted octanol–water partition coefficient (Wildman–Crippen LogP) is 3.89. The average Bonchev–Trinajstić information content (AvgIpc) is 2.87. The highest BCUT2D eigenvalue weighted by atomic mass is 32.2. The number of nitrogens with one attached hydrogen (secondary N) is 1. The predicted molar refractivity (Wildman–Crippen MR) is 88.9 cm³/mol. The summed E-state index contributed by atoms with van der Waals surface area (Å²) >= 11 is 2.12. The molecule has 0 aliphatic heterocycles. The Bertz CT molecular complexity index is 410. The number of rotatable bonds is 7. The van der Waals surface area contributed by atoms with Crippen molar-refractivity contribution in [1.82, 2.24) is 5.32 Å². The molecule has 0 aromatic heterocycles. The molecule has 1 saturated carbocycles. The van der Waals surface area contributed by atoms with Gasteiger partial charge in [0.25, 0.3) is 0 Å². The summed E-state index contributed by atoms with van der Waals surface area (Å²) in [6, 6.07) is 9.54. The molecule has 1 aromatic rings. The summed E-state index contributed by atoms with van der Waals surface area (Å²) < 4.78 is 5.43. The first-order valence-electron chi connectivity index (χ1n) is 7.72. The van der Waals surface area contributed by atoms with Crippen molar-refractivity contribution in [2.24, 2.45) is 0 Å².